The Balaban J connectivity index is 1.81. The lowest BCUT2D eigenvalue weighted by Gasteiger charge is -2.27. The maximum Gasteiger partial charge on any atom is 0.152 e. The summed E-state index contributed by atoms with van der Waals surface area (Å²) in [7, 11) is 0. The summed E-state index contributed by atoms with van der Waals surface area (Å²) in [5.74, 6) is 1.96. The number of nitrogens with two attached hydrogens (primary N) is 1. The maximum atomic E-state index is 5.55. The molecule has 2 aromatic rings. The van der Waals surface area contributed by atoms with Crippen molar-refractivity contribution in [3.63, 3.8) is 0 Å². The van der Waals surface area contributed by atoms with Crippen LogP contribution in [0.5, 0.6) is 0 Å². The monoisotopic (exact) mass is 230 g/mol. The third-order valence-corrected chi connectivity index (χ3v) is 3.01. The molecule has 0 radical (unpaired) electrons. The SMILES string of the molecule is NCc1ccc(N2CCn3cnnc3C2)nc1. The first-order valence-corrected chi connectivity index (χ1v) is 5.63. The predicted molar refractivity (Wildman–Crippen MR) is 63.2 cm³/mol. The van der Waals surface area contributed by atoms with E-state index in [0.717, 1.165) is 36.8 Å². The van der Waals surface area contributed by atoms with Gasteiger partial charge in [0.15, 0.2) is 5.82 Å². The van der Waals surface area contributed by atoms with Crippen LogP contribution in [0.15, 0.2) is 24.7 Å². The molecule has 1 aliphatic rings. The molecule has 17 heavy (non-hydrogen) atoms. The van der Waals surface area contributed by atoms with E-state index in [1.807, 2.05) is 18.3 Å². The molecular weight excluding hydrogens is 216 g/mol. The number of aromatic nitrogens is 4. The first-order valence-electron chi connectivity index (χ1n) is 5.63. The number of pyridine rings is 1. The lowest BCUT2D eigenvalue weighted by Crippen LogP contribution is -2.34. The second kappa shape index (κ2) is 4.14. The summed E-state index contributed by atoms with van der Waals surface area (Å²) in [6.45, 7) is 3.12. The largest absolute Gasteiger partial charge is 0.347 e. The lowest BCUT2D eigenvalue weighted by atomic mass is 10.2. The quantitative estimate of drug-likeness (QED) is 0.795. The van der Waals surface area contributed by atoms with Crippen molar-refractivity contribution in [1.29, 1.82) is 0 Å². The average molecular weight is 230 g/mol. The van der Waals surface area contributed by atoms with E-state index in [1.165, 1.54) is 0 Å². The molecule has 6 nitrogen and oxygen atoms in total. The van der Waals surface area contributed by atoms with E-state index in [-0.39, 0.29) is 0 Å². The van der Waals surface area contributed by atoms with Gasteiger partial charge in [0, 0.05) is 25.8 Å². The van der Waals surface area contributed by atoms with E-state index in [2.05, 4.69) is 24.6 Å². The zero-order chi connectivity index (χ0) is 11.7. The van der Waals surface area contributed by atoms with Gasteiger partial charge in [-0.3, -0.25) is 0 Å². The summed E-state index contributed by atoms with van der Waals surface area (Å²) >= 11 is 0. The number of anilines is 1. The molecular formula is C11H14N6. The number of rotatable bonds is 2. The summed E-state index contributed by atoms with van der Waals surface area (Å²) in [5.41, 5.74) is 6.60. The van der Waals surface area contributed by atoms with Crippen molar-refractivity contribution >= 4 is 5.82 Å². The van der Waals surface area contributed by atoms with Crippen LogP contribution in [0.4, 0.5) is 5.82 Å². The third kappa shape index (κ3) is 1.87. The summed E-state index contributed by atoms with van der Waals surface area (Å²) in [6.07, 6.45) is 3.60. The Labute approximate surface area is 99.1 Å². The van der Waals surface area contributed by atoms with Crippen LogP contribution in [0, 0.1) is 0 Å². The normalized spacial score (nSPS) is 14.8. The Morgan fingerprint density at radius 1 is 1.29 bits per heavy atom. The molecule has 0 fully saturated rings. The summed E-state index contributed by atoms with van der Waals surface area (Å²) in [5, 5.41) is 8.00. The van der Waals surface area contributed by atoms with E-state index in [9.17, 15) is 0 Å². The summed E-state index contributed by atoms with van der Waals surface area (Å²) in [4.78, 5) is 6.62. The van der Waals surface area contributed by atoms with E-state index < -0.39 is 0 Å². The third-order valence-electron chi connectivity index (χ3n) is 3.01. The minimum absolute atomic E-state index is 0.529. The van der Waals surface area contributed by atoms with E-state index >= 15 is 0 Å². The fourth-order valence-electron chi connectivity index (χ4n) is 1.99. The second-order valence-corrected chi connectivity index (χ2v) is 4.09. The lowest BCUT2D eigenvalue weighted by molar-refractivity contribution is 0.556. The van der Waals surface area contributed by atoms with Crippen LogP contribution in [0.1, 0.15) is 11.4 Å². The van der Waals surface area contributed by atoms with Crippen LogP contribution >= 0.6 is 0 Å². The number of hydrogen-bond acceptors (Lipinski definition) is 5. The zero-order valence-corrected chi connectivity index (χ0v) is 9.45. The molecule has 0 bridgehead atoms. The molecule has 0 atom stereocenters. The Bertz CT molecular complexity index is 503. The topological polar surface area (TPSA) is 72.9 Å². The Kier molecular flexibility index (Phi) is 2.49. The fourth-order valence-corrected chi connectivity index (χ4v) is 1.99. The highest BCUT2D eigenvalue weighted by Gasteiger charge is 2.18. The van der Waals surface area contributed by atoms with E-state index in [1.54, 1.807) is 6.33 Å². The molecule has 0 spiro atoms. The van der Waals surface area contributed by atoms with Crippen molar-refractivity contribution in [2.45, 2.75) is 19.6 Å². The van der Waals surface area contributed by atoms with Crippen molar-refractivity contribution < 1.29 is 0 Å². The molecule has 3 rings (SSSR count). The van der Waals surface area contributed by atoms with Gasteiger partial charge < -0.3 is 15.2 Å². The van der Waals surface area contributed by atoms with Crippen molar-refractivity contribution in [3.8, 4) is 0 Å². The van der Waals surface area contributed by atoms with Gasteiger partial charge >= 0.3 is 0 Å². The molecule has 88 valence electrons. The van der Waals surface area contributed by atoms with Gasteiger partial charge in [0.25, 0.3) is 0 Å². The van der Waals surface area contributed by atoms with Crippen molar-refractivity contribution in [3.05, 3.63) is 36.0 Å². The van der Waals surface area contributed by atoms with Gasteiger partial charge in [0.2, 0.25) is 0 Å². The van der Waals surface area contributed by atoms with Crippen LogP contribution in [0.2, 0.25) is 0 Å². The van der Waals surface area contributed by atoms with Crippen LogP contribution < -0.4 is 10.6 Å². The summed E-state index contributed by atoms with van der Waals surface area (Å²) in [6, 6.07) is 4.02. The standard InChI is InChI=1S/C11H14N6/c12-5-9-1-2-10(13-6-9)16-3-4-17-8-14-15-11(17)7-16/h1-2,6,8H,3-5,7,12H2. The van der Waals surface area contributed by atoms with E-state index in [4.69, 9.17) is 5.73 Å². The van der Waals surface area contributed by atoms with Gasteiger partial charge in [-0.25, -0.2) is 4.98 Å². The van der Waals surface area contributed by atoms with Crippen LogP contribution in [-0.4, -0.2) is 26.3 Å². The Hall–Kier alpha value is -1.95. The molecule has 0 saturated carbocycles. The Morgan fingerprint density at radius 3 is 3.00 bits per heavy atom. The molecule has 1 aliphatic heterocycles. The Morgan fingerprint density at radius 2 is 2.24 bits per heavy atom. The molecule has 0 aromatic carbocycles. The molecule has 0 aliphatic carbocycles. The number of fused-ring (bicyclic) bond motifs is 1. The van der Waals surface area contributed by atoms with Crippen LogP contribution in [0.3, 0.4) is 0 Å². The molecule has 0 saturated heterocycles. The molecule has 0 amide bonds. The minimum Gasteiger partial charge on any atom is -0.347 e. The molecule has 0 unspecified atom stereocenters. The fraction of sp³-hybridized carbons (Fsp3) is 0.364. The maximum absolute atomic E-state index is 5.55. The van der Waals surface area contributed by atoms with E-state index in [0.29, 0.717) is 6.54 Å². The van der Waals surface area contributed by atoms with Gasteiger partial charge in [0.05, 0.1) is 6.54 Å². The number of nitrogens with zero attached hydrogens (tertiary/aromatic N) is 5. The highest BCUT2D eigenvalue weighted by molar-refractivity contribution is 5.40. The smallest absolute Gasteiger partial charge is 0.152 e. The van der Waals surface area contributed by atoms with Gasteiger partial charge in [-0.05, 0) is 11.6 Å². The van der Waals surface area contributed by atoms with Gasteiger partial charge in [-0.2, -0.15) is 0 Å². The molecule has 2 aromatic heterocycles. The highest BCUT2D eigenvalue weighted by Crippen LogP contribution is 2.17. The highest BCUT2D eigenvalue weighted by atomic mass is 15.3. The molecule has 6 heteroatoms. The second-order valence-electron chi connectivity index (χ2n) is 4.09. The zero-order valence-electron chi connectivity index (χ0n) is 9.45. The predicted octanol–water partition coefficient (Wildman–Crippen LogP) is 0.152. The molecule has 2 N–H and O–H groups in total. The van der Waals surface area contributed by atoms with Crippen molar-refractivity contribution in [2.24, 2.45) is 5.73 Å². The molecule has 3 heterocycles. The average Bonchev–Trinajstić information content (AvgIpc) is 2.86. The first kappa shape index (κ1) is 10.2. The van der Waals surface area contributed by atoms with Crippen molar-refractivity contribution in [1.82, 2.24) is 19.7 Å². The van der Waals surface area contributed by atoms with Gasteiger partial charge in [-0.1, -0.05) is 6.07 Å². The number of hydrogen-bond donors (Lipinski definition) is 1. The van der Waals surface area contributed by atoms with Crippen molar-refractivity contribution in [2.75, 3.05) is 11.4 Å². The first-order chi connectivity index (χ1) is 8.36. The van der Waals surface area contributed by atoms with Gasteiger partial charge in [-0.15, -0.1) is 10.2 Å². The van der Waals surface area contributed by atoms with Crippen LogP contribution in [0.25, 0.3) is 0 Å². The van der Waals surface area contributed by atoms with Gasteiger partial charge in [0.1, 0.15) is 12.1 Å². The van der Waals surface area contributed by atoms with Crippen LogP contribution in [-0.2, 0) is 19.6 Å². The summed E-state index contributed by atoms with van der Waals surface area (Å²) < 4.78 is 2.07. The minimum atomic E-state index is 0.529.